The third kappa shape index (κ3) is 3.10. The fraction of sp³-hybridized carbons (Fsp3) is 0.455. The first kappa shape index (κ1) is 12.2. The second kappa shape index (κ2) is 4.54. The van der Waals surface area contributed by atoms with Gasteiger partial charge in [-0.15, -0.1) is 0 Å². The zero-order valence-electron chi connectivity index (χ0n) is 9.55. The number of ether oxygens (including phenoxy) is 2. The van der Waals surface area contributed by atoms with Crippen molar-refractivity contribution in [3.8, 4) is 11.5 Å². The molecule has 6 heteroatoms. The highest BCUT2D eigenvalue weighted by Crippen LogP contribution is 2.32. The third-order valence-electron chi connectivity index (χ3n) is 2.48. The maximum absolute atomic E-state index is 11.2. The Hall–Kier alpha value is -1.27. The molecular weight excluding hydrogens is 242 g/mol. The van der Waals surface area contributed by atoms with Crippen molar-refractivity contribution in [3.05, 3.63) is 23.8 Å². The lowest BCUT2D eigenvalue weighted by atomic mass is 10.1. The van der Waals surface area contributed by atoms with Gasteiger partial charge in [0.1, 0.15) is 23.1 Å². The van der Waals surface area contributed by atoms with Crippen molar-refractivity contribution in [2.45, 2.75) is 6.04 Å². The summed E-state index contributed by atoms with van der Waals surface area (Å²) in [5, 5.41) is 0. The summed E-state index contributed by atoms with van der Waals surface area (Å²) in [5.41, 5.74) is 6.57. The lowest BCUT2D eigenvalue weighted by Gasteiger charge is -2.20. The monoisotopic (exact) mass is 257 g/mol. The minimum atomic E-state index is -3.09. The number of sulfone groups is 1. The van der Waals surface area contributed by atoms with Gasteiger partial charge in [-0.25, -0.2) is 8.42 Å². The quantitative estimate of drug-likeness (QED) is 0.853. The largest absolute Gasteiger partial charge is 0.486 e. The molecule has 0 saturated heterocycles. The molecule has 1 aliphatic heterocycles. The Balaban J connectivity index is 2.22. The summed E-state index contributed by atoms with van der Waals surface area (Å²) in [6, 6.07) is 4.72. The van der Waals surface area contributed by atoms with Crippen molar-refractivity contribution in [1.82, 2.24) is 0 Å². The molecule has 1 heterocycles. The molecule has 0 saturated carbocycles. The Morgan fingerprint density at radius 2 is 1.94 bits per heavy atom. The van der Waals surface area contributed by atoms with Crippen molar-refractivity contribution >= 4 is 9.84 Å². The topological polar surface area (TPSA) is 78.6 Å². The molecule has 17 heavy (non-hydrogen) atoms. The first-order valence-electron chi connectivity index (χ1n) is 5.28. The Morgan fingerprint density at radius 3 is 2.59 bits per heavy atom. The fourth-order valence-electron chi connectivity index (χ4n) is 1.71. The lowest BCUT2D eigenvalue weighted by Crippen LogP contribution is -2.21. The molecule has 5 nitrogen and oxygen atoms in total. The van der Waals surface area contributed by atoms with Crippen LogP contribution in [0.3, 0.4) is 0 Å². The molecule has 0 unspecified atom stereocenters. The van der Waals surface area contributed by atoms with Crippen LogP contribution in [0.5, 0.6) is 11.5 Å². The van der Waals surface area contributed by atoms with E-state index in [1.807, 2.05) is 0 Å². The molecule has 0 bridgehead atoms. The minimum absolute atomic E-state index is 0.0767. The maximum Gasteiger partial charge on any atom is 0.161 e. The van der Waals surface area contributed by atoms with Gasteiger partial charge in [0.15, 0.2) is 11.5 Å². The minimum Gasteiger partial charge on any atom is -0.486 e. The van der Waals surface area contributed by atoms with Crippen LogP contribution in [0.1, 0.15) is 11.6 Å². The van der Waals surface area contributed by atoms with E-state index in [0.717, 1.165) is 5.56 Å². The number of fused-ring (bicyclic) bond motifs is 1. The highest BCUT2D eigenvalue weighted by molar-refractivity contribution is 7.90. The Labute approximate surface area is 100 Å². The van der Waals surface area contributed by atoms with Crippen molar-refractivity contribution in [1.29, 1.82) is 0 Å². The molecule has 1 aromatic carbocycles. The van der Waals surface area contributed by atoms with Crippen LogP contribution in [0.2, 0.25) is 0 Å². The predicted molar refractivity (Wildman–Crippen MR) is 64.1 cm³/mol. The Morgan fingerprint density at radius 1 is 1.29 bits per heavy atom. The van der Waals surface area contributed by atoms with Crippen LogP contribution in [-0.4, -0.2) is 33.6 Å². The molecule has 1 aromatic rings. The van der Waals surface area contributed by atoms with Gasteiger partial charge < -0.3 is 15.2 Å². The van der Waals surface area contributed by atoms with E-state index in [-0.39, 0.29) is 5.75 Å². The number of rotatable bonds is 3. The van der Waals surface area contributed by atoms with Crippen LogP contribution in [0.25, 0.3) is 0 Å². The number of benzene rings is 1. The number of hydrogen-bond donors (Lipinski definition) is 1. The van der Waals surface area contributed by atoms with Crippen LogP contribution < -0.4 is 15.2 Å². The maximum atomic E-state index is 11.2. The second-order valence-corrected chi connectivity index (χ2v) is 6.29. The zero-order chi connectivity index (χ0) is 12.5. The molecule has 94 valence electrons. The molecule has 0 fully saturated rings. The third-order valence-corrected chi connectivity index (χ3v) is 3.44. The summed E-state index contributed by atoms with van der Waals surface area (Å²) in [7, 11) is -3.09. The predicted octanol–water partition coefficient (Wildman–Crippen LogP) is 0.502. The van der Waals surface area contributed by atoms with Gasteiger partial charge >= 0.3 is 0 Å². The summed E-state index contributed by atoms with van der Waals surface area (Å²) in [6.07, 6.45) is 1.17. The molecular formula is C11H15NO4S. The number of hydrogen-bond acceptors (Lipinski definition) is 5. The highest BCUT2D eigenvalue weighted by atomic mass is 32.2. The summed E-state index contributed by atoms with van der Waals surface area (Å²) in [4.78, 5) is 0. The Bertz CT molecular complexity index is 512. The van der Waals surface area contributed by atoms with Crippen molar-refractivity contribution in [2.75, 3.05) is 25.2 Å². The summed E-state index contributed by atoms with van der Waals surface area (Å²) in [6.45, 7) is 1.03. The van der Waals surface area contributed by atoms with Gasteiger partial charge in [0.25, 0.3) is 0 Å². The lowest BCUT2D eigenvalue weighted by molar-refractivity contribution is 0.171. The molecule has 0 radical (unpaired) electrons. The summed E-state index contributed by atoms with van der Waals surface area (Å²) in [5.74, 6) is 1.22. The zero-order valence-corrected chi connectivity index (χ0v) is 10.4. The number of nitrogens with two attached hydrogens (primary N) is 1. The SMILES string of the molecule is CS(=O)(=O)C[C@@H](N)c1ccc2c(c1)OCCO2. The summed E-state index contributed by atoms with van der Waals surface area (Å²) < 4.78 is 33.1. The van der Waals surface area contributed by atoms with E-state index < -0.39 is 15.9 Å². The van der Waals surface area contributed by atoms with Crippen LogP contribution in [0, 0.1) is 0 Å². The van der Waals surface area contributed by atoms with E-state index in [1.54, 1.807) is 18.2 Å². The van der Waals surface area contributed by atoms with Crippen molar-refractivity contribution in [3.63, 3.8) is 0 Å². The summed E-state index contributed by atoms with van der Waals surface area (Å²) >= 11 is 0. The smallest absolute Gasteiger partial charge is 0.161 e. The van der Waals surface area contributed by atoms with E-state index in [1.165, 1.54) is 6.26 Å². The van der Waals surface area contributed by atoms with Gasteiger partial charge in [0.2, 0.25) is 0 Å². The van der Waals surface area contributed by atoms with Crippen LogP contribution in [-0.2, 0) is 9.84 Å². The first-order valence-corrected chi connectivity index (χ1v) is 7.34. The van der Waals surface area contributed by atoms with E-state index in [4.69, 9.17) is 15.2 Å². The Kier molecular flexibility index (Phi) is 3.26. The van der Waals surface area contributed by atoms with E-state index in [2.05, 4.69) is 0 Å². The normalized spacial score (nSPS) is 16.6. The van der Waals surface area contributed by atoms with E-state index >= 15 is 0 Å². The average Bonchev–Trinajstić information content (AvgIpc) is 2.26. The van der Waals surface area contributed by atoms with Gasteiger partial charge in [-0.2, -0.15) is 0 Å². The van der Waals surface area contributed by atoms with Gasteiger partial charge in [-0.1, -0.05) is 6.07 Å². The molecule has 0 amide bonds. The van der Waals surface area contributed by atoms with Gasteiger partial charge in [-0.05, 0) is 17.7 Å². The second-order valence-electron chi connectivity index (χ2n) is 4.10. The first-order chi connectivity index (χ1) is 7.96. The highest BCUT2D eigenvalue weighted by Gasteiger charge is 2.17. The molecule has 1 atom stereocenters. The average molecular weight is 257 g/mol. The van der Waals surface area contributed by atoms with Crippen LogP contribution in [0.15, 0.2) is 18.2 Å². The van der Waals surface area contributed by atoms with Crippen LogP contribution >= 0.6 is 0 Å². The van der Waals surface area contributed by atoms with Gasteiger partial charge in [0.05, 0.1) is 5.75 Å². The van der Waals surface area contributed by atoms with Crippen molar-refractivity contribution in [2.24, 2.45) is 5.73 Å². The van der Waals surface area contributed by atoms with Crippen molar-refractivity contribution < 1.29 is 17.9 Å². The van der Waals surface area contributed by atoms with Crippen LogP contribution in [0.4, 0.5) is 0 Å². The fourth-order valence-corrected chi connectivity index (χ4v) is 2.56. The molecule has 0 aliphatic carbocycles. The standard InChI is InChI=1S/C11H15NO4S/c1-17(13,14)7-9(12)8-2-3-10-11(6-8)16-5-4-15-10/h2-3,6,9H,4-5,7,12H2,1H3/t9-/m1/s1. The van der Waals surface area contributed by atoms with E-state index in [9.17, 15) is 8.42 Å². The molecule has 2 N–H and O–H groups in total. The molecule has 2 rings (SSSR count). The van der Waals surface area contributed by atoms with Gasteiger partial charge in [-0.3, -0.25) is 0 Å². The molecule has 1 aliphatic rings. The van der Waals surface area contributed by atoms with Gasteiger partial charge in [0, 0.05) is 12.3 Å². The van der Waals surface area contributed by atoms with E-state index in [0.29, 0.717) is 24.7 Å². The molecule has 0 aromatic heterocycles. The molecule has 0 spiro atoms.